The van der Waals surface area contributed by atoms with Gasteiger partial charge in [-0.1, -0.05) is 23.5 Å². The highest BCUT2D eigenvalue weighted by atomic mass is 32.1. The molecule has 0 saturated carbocycles. The number of aryl methyl sites for hydroxylation is 1. The Balaban J connectivity index is 1.66. The van der Waals surface area contributed by atoms with Gasteiger partial charge in [0.15, 0.2) is 0 Å². The highest BCUT2D eigenvalue weighted by Gasteiger charge is 2.33. The molecule has 2 N–H and O–H groups in total. The number of carbonyl (C=O) groups excluding carboxylic acids is 1. The molecule has 29 heavy (non-hydrogen) atoms. The van der Waals surface area contributed by atoms with E-state index in [0.29, 0.717) is 17.4 Å². The number of aromatic hydroxyl groups is 1. The number of benzene rings is 2. The Hall–Kier alpha value is -3.39. The van der Waals surface area contributed by atoms with Gasteiger partial charge < -0.3 is 15.2 Å². The zero-order valence-corrected chi connectivity index (χ0v) is 16.7. The summed E-state index contributed by atoms with van der Waals surface area (Å²) in [5.74, 6) is 1.32. The van der Waals surface area contributed by atoms with E-state index in [1.54, 1.807) is 30.0 Å². The molecule has 146 valence electrons. The third kappa shape index (κ3) is 2.92. The first-order chi connectivity index (χ1) is 14.0. The van der Waals surface area contributed by atoms with Crippen LogP contribution in [-0.4, -0.2) is 32.9 Å². The molecule has 3 heterocycles. The molecule has 0 spiro atoms. The predicted molar refractivity (Wildman–Crippen MR) is 111 cm³/mol. The molecule has 1 aliphatic rings. The summed E-state index contributed by atoms with van der Waals surface area (Å²) < 4.78 is 7.98. The van der Waals surface area contributed by atoms with Crippen molar-refractivity contribution in [1.29, 1.82) is 0 Å². The Morgan fingerprint density at radius 2 is 2.14 bits per heavy atom. The van der Waals surface area contributed by atoms with Crippen molar-refractivity contribution in [3.05, 3.63) is 59.3 Å². The minimum atomic E-state index is -0.172. The third-order valence-corrected chi connectivity index (χ3v) is 6.13. The molecule has 1 aliphatic heterocycles. The maximum Gasteiger partial charge on any atom is 0.226 e. The zero-order chi connectivity index (χ0) is 20.1. The number of methoxy groups -OCH3 is 1. The molecule has 5 rings (SSSR count). The van der Waals surface area contributed by atoms with Gasteiger partial charge in [-0.15, -0.1) is 0 Å². The number of nitrogens with zero attached hydrogens (tertiary/aromatic N) is 3. The Bertz CT molecular complexity index is 1260. The molecule has 0 bridgehead atoms. The van der Waals surface area contributed by atoms with E-state index in [4.69, 9.17) is 4.74 Å². The van der Waals surface area contributed by atoms with E-state index in [-0.39, 0.29) is 17.6 Å². The van der Waals surface area contributed by atoms with Crippen molar-refractivity contribution in [3.8, 4) is 16.6 Å². The molecule has 1 atom stereocenters. The van der Waals surface area contributed by atoms with Crippen molar-refractivity contribution in [3.63, 3.8) is 0 Å². The molecule has 2 aromatic heterocycles. The standard InChI is InChI=1S/C21H18N4O3S/c1-11-19-15(12-4-3-5-13(26)8-12)10-18(27)23-20(19)25(24-11)21-22-16-7-6-14(28-2)9-17(16)29-21/h3-9,15,26H,10H2,1-2H3,(H,23,27)/t15-/m0/s1. The van der Waals surface area contributed by atoms with Crippen molar-refractivity contribution < 1.29 is 14.6 Å². The quantitative estimate of drug-likeness (QED) is 0.537. The summed E-state index contributed by atoms with van der Waals surface area (Å²) in [6, 6.07) is 12.8. The lowest BCUT2D eigenvalue weighted by molar-refractivity contribution is -0.116. The maximum absolute atomic E-state index is 12.5. The van der Waals surface area contributed by atoms with E-state index in [9.17, 15) is 9.90 Å². The Morgan fingerprint density at radius 1 is 1.28 bits per heavy atom. The number of fused-ring (bicyclic) bond motifs is 2. The molecule has 1 amide bonds. The largest absolute Gasteiger partial charge is 0.508 e. The van der Waals surface area contributed by atoms with E-state index in [1.807, 2.05) is 31.2 Å². The number of phenolic OH excluding ortho intramolecular Hbond substituents is 1. The number of anilines is 1. The van der Waals surface area contributed by atoms with Gasteiger partial charge in [-0.3, -0.25) is 4.79 Å². The Morgan fingerprint density at radius 3 is 2.93 bits per heavy atom. The summed E-state index contributed by atoms with van der Waals surface area (Å²) in [4.78, 5) is 17.2. The number of aromatic nitrogens is 3. The zero-order valence-electron chi connectivity index (χ0n) is 15.8. The lowest BCUT2D eigenvalue weighted by Gasteiger charge is -2.24. The first-order valence-electron chi connectivity index (χ1n) is 9.16. The van der Waals surface area contributed by atoms with Gasteiger partial charge in [-0.25, -0.2) is 4.98 Å². The minimum absolute atomic E-state index is 0.0882. The van der Waals surface area contributed by atoms with Crippen molar-refractivity contribution in [1.82, 2.24) is 14.8 Å². The second kappa shape index (κ2) is 6.59. The highest BCUT2D eigenvalue weighted by molar-refractivity contribution is 7.20. The molecular weight excluding hydrogens is 388 g/mol. The molecule has 2 aromatic carbocycles. The molecular formula is C21H18N4O3S. The maximum atomic E-state index is 12.5. The van der Waals surface area contributed by atoms with Crippen LogP contribution in [0.15, 0.2) is 42.5 Å². The van der Waals surface area contributed by atoms with E-state index in [1.165, 1.54) is 11.3 Å². The Kier molecular flexibility index (Phi) is 4.02. The first kappa shape index (κ1) is 17.7. The van der Waals surface area contributed by atoms with Gasteiger partial charge in [-0.05, 0) is 42.8 Å². The fourth-order valence-electron chi connectivity index (χ4n) is 3.82. The lowest BCUT2D eigenvalue weighted by Crippen LogP contribution is -2.24. The van der Waals surface area contributed by atoms with E-state index < -0.39 is 0 Å². The number of rotatable bonds is 3. The van der Waals surface area contributed by atoms with Gasteiger partial charge in [-0.2, -0.15) is 9.78 Å². The van der Waals surface area contributed by atoms with Gasteiger partial charge >= 0.3 is 0 Å². The second-order valence-corrected chi connectivity index (χ2v) is 8.00. The SMILES string of the molecule is COc1ccc2nc(-n3nc(C)c4c3NC(=O)C[C@H]4c3cccc(O)c3)sc2c1. The number of ether oxygens (including phenoxy) is 1. The van der Waals surface area contributed by atoms with Gasteiger partial charge in [0.25, 0.3) is 0 Å². The van der Waals surface area contributed by atoms with Gasteiger partial charge in [0, 0.05) is 17.9 Å². The van der Waals surface area contributed by atoms with Crippen molar-refractivity contribution in [2.24, 2.45) is 0 Å². The number of carbonyl (C=O) groups is 1. The average Bonchev–Trinajstić information content (AvgIpc) is 3.27. The first-order valence-corrected chi connectivity index (χ1v) is 9.98. The normalized spacial score (nSPS) is 15.9. The molecule has 0 aliphatic carbocycles. The van der Waals surface area contributed by atoms with Crippen LogP contribution < -0.4 is 10.1 Å². The summed E-state index contributed by atoms with van der Waals surface area (Å²) >= 11 is 1.48. The third-order valence-electron chi connectivity index (χ3n) is 5.14. The highest BCUT2D eigenvalue weighted by Crippen LogP contribution is 2.41. The van der Waals surface area contributed by atoms with Gasteiger partial charge in [0.05, 0.1) is 23.0 Å². The molecule has 8 heteroatoms. The van der Waals surface area contributed by atoms with E-state index in [2.05, 4.69) is 15.4 Å². The van der Waals surface area contributed by atoms with Crippen molar-refractivity contribution in [2.75, 3.05) is 12.4 Å². The van der Waals surface area contributed by atoms with Crippen LogP contribution in [-0.2, 0) is 4.79 Å². The van der Waals surface area contributed by atoms with Crippen LogP contribution >= 0.6 is 11.3 Å². The van der Waals surface area contributed by atoms with E-state index >= 15 is 0 Å². The summed E-state index contributed by atoms with van der Waals surface area (Å²) in [5.41, 5.74) is 3.51. The molecule has 0 unspecified atom stereocenters. The molecule has 7 nitrogen and oxygen atoms in total. The average molecular weight is 406 g/mol. The van der Waals surface area contributed by atoms with Gasteiger partial charge in [0.1, 0.15) is 17.3 Å². The van der Waals surface area contributed by atoms with Crippen LogP contribution in [0.3, 0.4) is 0 Å². The van der Waals surface area contributed by atoms with Crippen LogP contribution in [0.1, 0.15) is 29.2 Å². The topological polar surface area (TPSA) is 89.3 Å². The molecule has 4 aromatic rings. The minimum Gasteiger partial charge on any atom is -0.508 e. The number of phenols is 1. The molecule has 0 fully saturated rings. The number of hydrogen-bond acceptors (Lipinski definition) is 6. The smallest absolute Gasteiger partial charge is 0.226 e. The van der Waals surface area contributed by atoms with Crippen LogP contribution in [0.4, 0.5) is 5.82 Å². The van der Waals surface area contributed by atoms with Crippen LogP contribution in [0.2, 0.25) is 0 Å². The molecule has 0 saturated heterocycles. The summed E-state index contributed by atoms with van der Waals surface area (Å²) in [6.45, 7) is 1.93. The summed E-state index contributed by atoms with van der Waals surface area (Å²) in [6.07, 6.45) is 0.306. The Labute approximate surface area is 170 Å². The lowest BCUT2D eigenvalue weighted by atomic mass is 9.86. The summed E-state index contributed by atoms with van der Waals surface area (Å²) in [5, 5.41) is 18.2. The fraction of sp³-hybridized carbons (Fsp3) is 0.190. The monoisotopic (exact) mass is 406 g/mol. The second-order valence-electron chi connectivity index (χ2n) is 6.99. The number of thiazole rings is 1. The number of amides is 1. The van der Waals surface area contributed by atoms with Crippen LogP contribution in [0.5, 0.6) is 11.5 Å². The number of nitrogens with one attached hydrogen (secondary N) is 1. The van der Waals surface area contributed by atoms with Gasteiger partial charge in [0.2, 0.25) is 11.0 Å². The van der Waals surface area contributed by atoms with Crippen LogP contribution in [0, 0.1) is 6.92 Å². The predicted octanol–water partition coefficient (Wildman–Crippen LogP) is 3.98. The number of hydrogen-bond donors (Lipinski definition) is 2. The van der Waals surface area contributed by atoms with E-state index in [0.717, 1.165) is 32.8 Å². The molecule has 0 radical (unpaired) electrons. The van der Waals surface area contributed by atoms with Crippen molar-refractivity contribution in [2.45, 2.75) is 19.3 Å². The fourth-order valence-corrected chi connectivity index (χ4v) is 4.77. The van der Waals surface area contributed by atoms with Crippen molar-refractivity contribution >= 4 is 33.3 Å². The summed E-state index contributed by atoms with van der Waals surface area (Å²) in [7, 11) is 1.63. The van der Waals surface area contributed by atoms with Crippen LogP contribution in [0.25, 0.3) is 15.3 Å².